The first-order valence-corrected chi connectivity index (χ1v) is 6.41. The average molecular weight is 213 g/mol. The summed E-state index contributed by atoms with van der Waals surface area (Å²) in [5.74, 6) is 2.15. The van der Waals surface area contributed by atoms with E-state index in [1.165, 1.54) is 19.3 Å². The van der Waals surface area contributed by atoms with Crippen LogP contribution in [0.1, 0.15) is 47.0 Å². The van der Waals surface area contributed by atoms with Crippen molar-refractivity contribution in [2.75, 3.05) is 6.61 Å². The highest BCUT2D eigenvalue weighted by Crippen LogP contribution is 2.29. The normalized spacial score (nSPS) is 34.4. The summed E-state index contributed by atoms with van der Waals surface area (Å²) in [6.07, 6.45) is 3.93. The zero-order valence-corrected chi connectivity index (χ0v) is 10.7. The van der Waals surface area contributed by atoms with Crippen molar-refractivity contribution in [2.45, 2.75) is 59.0 Å². The van der Waals surface area contributed by atoms with E-state index in [0.29, 0.717) is 12.0 Å². The molecule has 1 saturated carbocycles. The van der Waals surface area contributed by atoms with Gasteiger partial charge in [-0.3, -0.25) is 0 Å². The van der Waals surface area contributed by atoms with Gasteiger partial charge in [-0.1, -0.05) is 27.7 Å². The van der Waals surface area contributed by atoms with Gasteiger partial charge in [-0.05, 0) is 37.0 Å². The quantitative estimate of drug-likeness (QED) is 0.751. The van der Waals surface area contributed by atoms with E-state index in [-0.39, 0.29) is 12.6 Å². The molecule has 0 saturated heterocycles. The number of hydrogen-bond donors (Lipinski definition) is 2. The highest BCUT2D eigenvalue weighted by molar-refractivity contribution is 4.84. The number of hydrogen-bond acceptors (Lipinski definition) is 2. The van der Waals surface area contributed by atoms with Crippen LogP contribution < -0.4 is 5.32 Å². The fourth-order valence-corrected chi connectivity index (χ4v) is 2.64. The van der Waals surface area contributed by atoms with Gasteiger partial charge in [0.05, 0.1) is 6.61 Å². The van der Waals surface area contributed by atoms with Gasteiger partial charge >= 0.3 is 0 Å². The van der Waals surface area contributed by atoms with Crippen molar-refractivity contribution >= 4 is 0 Å². The molecule has 0 amide bonds. The predicted octanol–water partition coefficient (Wildman–Crippen LogP) is 2.42. The molecular weight excluding hydrogens is 186 g/mol. The van der Waals surface area contributed by atoms with E-state index in [1.54, 1.807) is 0 Å². The molecule has 2 heteroatoms. The Balaban J connectivity index is 2.43. The Bertz CT molecular complexity index is 181. The Morgan fingerprint density at radius 3 is 2.40 bits per heavy atom. The standard InChI is InChI=1S/C13H27NO/c1-9(2)13(8-15)14-12-6-5-10(3)7-11(12)4/h9-15H,5-8H2,1-4H3. The van der Waals surface area contributed by atoms with E-state index in [0.717, 1.165) is 11.8 Å². The lowest BCUT2D eigenvalue weighted by molar-refractivity contribution is 0.155. The van der Waals surface area contributed by atoms with Gasteiger partial charge in [-0.2, -0.15) is 0 Å². The van der Waals surface area contributed by atoms with Gasteiger partial charge in [-0.15, -0.1) is 0 Å². The van der Waals surface area contributed by atoms with Crippen LogP contribution in [0.3, 0.4) is 0 Å². The number of aliphatic hydroxyl groups excluding tert-OH is 1. The predicted molar refractivity (Wildman–Crippen MR) is 64.8 cm³/mol. The van der Waals surface area contributed by atoms with Crippen molar-refractivity contribution in [1.29, 1.82) is 0 Å². The van der Waals surface area contributed by atoms with Gasteiger partial charge in [0.15, 0.2) is 0 Å². The fraction of sp³-hybridized carbons (Fsp3) is 1.00. The van der Waals surface area contributed by atoms with E-state index in [2.05, 4.69) is 33.0 Å². The van der Waals surface area contributed by atoms with Crippen LogP contribution in [0.4, 0.5) is 0 Å². The van der Waals surface area contributed by atoms with Crippen molar-refractivity contribution in [3.63, 3.8) is 0 Å². The van der Waals surface area contributed by atoms with Crippen LogP contribution in [0.15, 0.2) is 0 Å². The molecule has 0 aromatic carbocycles. The van der Waals surface area contributed by atoms with E-state index in [9.17, 15) is 5.11 Å². The van der Waals surface area contributed by atoms with Gasteiger partial charge in [0.25, 0.3) is 0 Å². The van der Waals surface area contributed by atoms with Crippen molar-refractivity contribution < 1.29 is 5.11 Å². The minimum atomic E-state index is 0.260. The first kappa shape index (κ1) is 13.0. The smallest absolute Gasteiger partial charge is 0.0587 e. The lowest BCUT2D eigenvalue weighted by Gasteiger charge is -2.36. The van der Waals surface area contributed by atoms with Gasteiger partial charge in [-0.25, -0.2) is 0 Å². The molecule has 90 valence electrons. The molecule has 2 nitrogen and oxygen atoms in total. The van der Waals surface area contributed by atoms with Gasteiger partial charge in [0, 0.05) is 12.1 Å². The first-order chi connectivity index (χ1) is 7.04. The van der Waals surface area contributed by atoms with Crippen LogP contribution in [0, 0.1) is 17.8 Å². The van der Waals surface area contributed by atoms with Gasteiger partial charge in [0.2, 0.25) is 0 Å². The molecule has 0 spiro atoms. The molecular formula is C13H27NO. The molecule has 1 fully saturated rings. The van der Waals surface area contributed by atoms with E-state index in [1.807, 2.05) is 0 Å². The molecule has 15 heavy (non-hydrogen) atoms. The molecule has 0 bridgehead atoms. The van der Waals surface area contributed by atoms with Crippen LogP contribution in [-0.2, 0) is 0 Å². The third-order valence-electron chi connectivity index (χ3n) is 3.86. The minimum absolute atomic E-state index is 0.260. The van der Waals surface area contributed by atoms with Crippen LogP contribution in [0.5, 0.6) is 0 Å². The number of rotatable bonds is 4. The summed E-state index contributed by atoms with van der Waals surface area (Å²) < 4.78 is 0. The second-order valence-electron chi connectivity index (χ2n) is 5.70. The maximum Gasteiger partial charge on any atom is 0.0587 e. The Morgan fingerprint density at radius 1 is 1.27 bits per heavy atom. The molecule has 1 rings (SSSR count). The molecule has 1 aliphatic carbocycles. The zero-order chi connectivity index (χ0) is 11.4. The Kier molecular flexibility index (Phi) is 5.07. The van der Waals surface area contributed by atoms with Crippen molar-refractivity contribution in [1.82, 2.24) is 5.32 Å². The summed E-state index contributed by atoms with van der Waals surface area (Å²) in [5, 5.41) is 12.9. The van der Waals surface area contributed by atoms with Crippen molar-refractivity contribution in [3.05, 3.63) is 0 Å². The molecule has 4 atom stereocenters. The molecule has 0 aromatic rings. The Hall–Kier alpha value is -0.0800. The summed E-state index contributed by atoms with van der Waals surface area (Å²) in [5.41, 5.74) is 0. The zero-order valence-electron chi connectivity index (χ0n) is 10.7. The number of nitrogens with one attached hydrogen (secondary N) is 1. The molecule has 0 radical (unpaired) electrons. The van der Waals surface area contributed by atoms with Crippen LogP contribution in [0.25, 0.3) is 0 Å². The minimum Gasteiger partial charge on any atom is -0.395 e. The Labute approximate surface area is 94.5 Å². The van der Waals surface area contributed by atoms with E-state index >= 15 is 0 Å². The molecule has 2 N–H and O–H groups in total. The molecule has 0 aliphatic heterocycles. The number of aliphatic hydroxyl groups is 1. The summed E-state index contributed by atoms with van der Waals surface area (Å²) in [7, 11) is 0. The Morgan fingerprint density at radius 2 is 1.93 bits per heavy atom. The van der Waals surface area contributed by atoms with Crippen molar-refractivity contribution in [2.24, 2.45) is 17.8 Å². The molecule has 0 heterocycles. The largest absolute Gasteiger partial charge is 0.395 e. The lowest BCUT2D eigenvalue weighted by atomic mass is 9.79. The van der Waals surface area contributed by atoms with Gasteiger partial charge < -0.3 is 10.4 Å². The van der Waals surface area contributed by atoms with Crippen molar-refractivity contribution in [3.8, 4) is 0 Å². The average Bonchev–Trinajstić information content (AvgIpc) is 2.16. The molecule has 1 aliphatic rings. The third-order valence-corrected chi connectivity index (χ3v) is 3.86. The monoisotopic (exact) mass is 213 g/mol. The first-order valence-electron chi connectivity index (χ1n) is 6.41. The highest BCUT2D eigenvalue weighted by Gasteiger charge is 2.27. The molecule has 4 unspecified atom stereocenters. The maximum absolute atomic E-state index is 9.30. The SMILES string of the molecule is CC1CCC(NC(CO)C(C)C)C(C)C1. The van der Waals surface area contributed by atoms with Crippen LogP contribution in [0.2, 0.25) is 0 Å². The van der Waals surface area contributed by atoms with E-state index in [4.69, 9.17) is 0 Å². The lowest BCUT2D eigenvalue weighted by Crippen LogP contribution is -2.48. The van der Waals surface area contributed by atoms with Crippen LogP contribution in [-0.4, -0.2) is 23.8 Å². The second kappa shape index (κ2) is 5.86. The second-order valence-corrected chi connectivity index (χ2v) is 5.70. The summed E-state index contributed by atoms with van der Waals surface area (Å²) >= 11 is 0. The summed E-state index contributed by atoms with van der Waals surface area (Å²) in [6.45, 7) is 9.28. The van der Waals surface area contributed by atoms with Crippen LogP contribution >= 0.6 is 0 Å². The van der Waals surface area contributed by atoms with Gasteiger partial charge in [0.1, 0.15) is 0 Å². The third kappa shape index (κ3) is 3.76. The summed E-state index contributed by atoms with van der Waals surface area (Å²) in [6, 6.07) is 0.881. The topological polar surface area (TPSA) is 32.3 Å². The molecule has 0 aromatic heterocycles. The maximum atomic E-state index is 9.30. The van der Waals surface area contributed by atoms with E-state index < -0.39 is 0 Å². The fourth-order valence-electron chi connectivity index (χ4n) is 2.64. The highest BCUT2D eigenvalue weighted by atomic mass is 16.3. The summed E-state index contributed by atoms with van der Waals surface area (Å²) in [4.78, 5) is 0.